The lowest BCUT2D eigenvalue weighted by atomic mass is 9.91. The molecule has 0 radical (unpaired) electrons. The second-order valence-electron chi connectivity index (χ2n) is 8.69. The molecular formula is C25H27N5O3S. The lowest BCUT2D eigenvalue weighted by Gasteiger charge is -2.30. The van der Waals surface area contributed by atoms with Gasteiger partial charge < -0.3 is 15.1 Å². The molecule has 3 N–H and O–H groups in total. The summed E-state index contributed by atoms with van der Waals surface area (Å²) in [6.45, 7) is 0.832. The Hall–Kier alpha value is -3.17. The number of nitrogens with one attached hydrogen (secondary N) is 3. The van der Waals surface area contributed by atoms with E-state index in [0.29, 0.717) is 29.4 Å². The van der Waals surface area contributed by atoms with Gasteiger partial charge in [-0.05, 0) is 67.3 Å². The molecule has 1 saturated heterocycles. The molecule has 2 amide bonds. The SMILES string of the molecule is O=C1NC(=O)/C(=C/C2CC=NC(N[C@H]3CC[C@H](NCc4cccc(-c5ccco5)c4)CC3)=N2)S1. The van der Waals surface area contributed by atoms with Crippen molar-refractivity contribution in [3.8, 4) is 11.3 Å². The summed E-state index contributed by atoms with van der Waals surface area (Å²) in [5, 5.41) is 9.10. The van der Waals surface area contributed by atoms with E-state index < -0.39 is 0 Å². The zero-order chi connectivity index (χ0) is 23.3. The van der Waals surface area contributed by atoms with Gasteiger partial charge in [-0.25, -0.2) is 9.98 Å². The molecule has 34 heavy (non-hydrogen) atoms. The van der Waals surface area contributed by atoms with Crippen molar-refractivity contribution in [2.24, 2.45) is 9.98 Å². The molecule has 0 bridgehead atoms. The highest BCUT2D eigenvalue weighted by Crippen LogP contribution is 2.25. The van der Waals surface area contributed by atoms with Crippen molar-refractivity contribution in [2.75, 3.05) is 0 Å². The van der Waals surface area contributed by atoms with E-state index in [0.717, 1.165) is 55.3 Å². The first-order valence-electron chi connectivity index (χ1n) is 11.6. The van der Waals surface area contributed by atoms with Crippen LogP contribution in [0.5, 0.6) is 0 Å². The molecule has 2 aliphatic heterocycles. The molecule has 8 nitrogen and oxygen atoms in total. The molecule has 176 valence electrons. The molecule has 2 fully saturated rings. The van der Waals surface area contributed by atoms with Crippen LogP contribution in [0.25, 0.3) is 11.3 Å². The second kappa shape index (κ2) is 10.4. The van der Waals surface area contributed by atoms with Crippen LogP contribution in [-0.2, 0) is 11.3 Å². The Bertz CT molecular complexity index is 1130. The van der Waals surface area contributed by atoms with E-state index in [2.05, 4.69) is 50.2 Å². The van der Waals surface area contributed by atoms with Gasteiger partial charge in [-0.1, -0.05) is 18.2 Å². The van der Waals surface area contributed by atoms with E-state index in [4.69, 9.17) is 4.42 Å². The third-order valence-electron chi connectivity index (χ3n) is 6.22. The molecule has 9 heteroatoms. The first-order chi connectivity index (χ1) is 16.6. The average molecular weight is 478 g/mol. The smallest absolute Gasteiger partial charge is 0.290 e. The van der Waals surface area contributed by atoms with E-state index in [9.17, 15) is 9.59 Å². The molecular weight excluding hydrogens is 450 g/mol. The minimum Gasteiger partial charge on any atom is -0.464 e. The minimum atomic E-state index is -0.347. The van der Waals surface area contributed by atoms with Crippen LogP contribution in [0.15, 0.2) is 68.0 Å². The minimum absolute atomic E-state index is 0.186. The Kier molecular flexibility index (Phi) is 6.92. The Morgan fingerprint density at radius 2 is 1.97 bits per heavy atom. The summed E-state index contributed by atoms with van der Waals surface area (Å²) in [7, 11) is 0. The van der Waals surface area contributed by atoms with Crippen molar-refractivity contribution < 1.29 is 14.0 Å². The van der Waals surface area contributed by atoms with Crippen LogP contribution in [0.3, 0.4) is 0 Å². The number of benzene rings is 1. The van der Waals surface area contributed by atoms with Crippen molar-refractivity contribution in [1.82, 2.24) is 16.0 Å². The van der Waals surface area contributed by atoms with Gasteiger partial charge >= 0.3 is 0 Å². The maximum atomic E-state index is 11.8. The number of rotatable bonds is 6. The van der Waals surface area contributed by atoms with Crippen molar-refractivity contribution >= 4 is 35.1 Å². The maximum absolute atomic E-state index is 11.8. The van der Waals surface area contributed by atoms with Crippen molar-refractivity contribution in [3.63, 3.8) is 0 Å². The standard InChI is InChI=1S/C25H27N5O3S/c31-23-22(34-25(32)30-23)14-20-10-11-26-24(29-20)28-19-8-6-18(7-9-19)27-15-16-3-1-4-17(13-16)21-5-2-12-33-21/h1-5,11-14,18-20,27H,6-10,15H2,(H,28,29)(H,30,31,32)/b22-14-/t18-,19-,20?. The summed E-state index contributed by atoms with van der Waals surface area (Å²) in [5.74, 6) is 1.15. The molecule has 1 saturated carbocycles. The molecule has 3 aliphatic rings. The molecule has 1 atom stereocenters. The number of nitrogens with zero attached hydrogens (tertiary/aromatic N) is 2. The molecule has 1 unspecified atom stereocenters. The number of hydrogen-bond acceptors (Lipinski definition) is 8. The average Bonchev–Trinajstić information content (AvgIpc) is 3.49. The Morgan fingerprint density at radius 1 is 1.12 bits per heavy atom. The third-order valence-corrected chi connectivity index (χ3v) is 7.05. The third kappa shape index (κ3) is 5.66. The predicted molar refractivity (Wildman–Crippen MR) is 134 cm³/mol. The van der Waals surface area contributed by atoms with Gasteiger partial charge in [0.1, 0.15) is 5.76 Å². The zero-order valence-electron chi connectivity index (χ0n) is 18.7. The quantitative estimate of drug-likeness (QED) is 0.543. The molecule has 2 aromatic rings. The first kappa shape index (κ1) is 22.6. The Labute approximate surface area is 202 Å². The maximum Gasteiger partial charge on any atom is 0.290 e. The number of aliphatic imine (C=N–C) groups is 2. The lowest BCUT2D eigenvalue weighted by molar-refractivity contribution is -0.115. The predicted octanol–water partition coefficient (Wildman–Crippen LogP) is 4.00. The van der Waals surface area contributed by atoms with E-state index >= 15 is 0 Å². The number of furan rings is 1. The van der Waals surface area contributed by atoms with Gasteiger partial charge in [-0.2, -0.15) is 0 Å². The zero-order valence-corrected chi connectivity index (χ0v) is 19.5. The van der Waals surface area contributed by atoms with Gasteiger partial charge in [-0.15, -0.1) is 0 Å². The van der Waals surface area contributed by atoms with Crippen molar-refractivity contribution in [1.29, 1.82) is 0 Å². The highest BCUT2D eigenvalue weighted by atomic mass is 32.2. The first-order valence-corrected chi connectivity index (χ1v) is 12.4. The van der Waals surface area contributed by atoms with Crippen LogP contribution in [0.2, 0.25) is 0 Å². The van der Waals surface area contributed by atoms with Crippen LogP contribution in [0.1, 0.15) is 37.7 Å². The van der Waals surface area contributed by atoms with Crippen molar-refractivity contribution in [2.45, 2.75) is 56.8 Å². The Morgan fingerprint density at radius 3 is 2.74 bits per heavy atom. The van der Waals surface area contributed by atoms with Gasteiger partial charge in [-0.3, -0.25) is 14.9 Å². The fourth-order valence-corrected chi connectivity index (χ4v) is 5.16. The van der Waals surface area contributed by atoms with E-state index in [-0.39, 0.29) is 17.2 Å². The number of carbonyl (C=O) groups is 2. The molecule has 0 spiro atoms. The molecule has 1 aliphatic carbocycles. The monoisotopic (exact) mass is 477 g/mol. The summed E-state index contributed by atoms with van der Waals surface area (Å²) >= 11 is 0.923. The Balaban J connectivity index is 1.09. The second-order valence-corrected chi connectivity index (χ2v) is 9.71. The van der Waals surface area contributed by atoms with Gasteiger partial charge in [0, 0.05) is 36.8 Å². The van der Waals surface area contributed by atoms with Gasteiger partial charge in [0.15, 0.2) is 0 Å². The number of imide groups is 1. The number of guanidine groups is 1. The summed E-state index contributed by atoms with van der Waals surface area (Å²) in [6, 6.07) is 13.0. The molecule has 1 aromatic carbocycles. The van der Waals surface area contributed by atoms with Gasteiger partial charge in [0.25, 0.3) is 11.1 Å². The fraction of sp³-hybridized carbons (Fsp3) is 0.360. The van der Waals surface area contributed by atoms with E-state index in [1.807, 2.05) is 18.3 Å². The number of amides is 2. The van der Waals surface area contributed by atoms with Crippen molar-refractivity contribution in [3.05, 3.63) is 59.2 Å². The highest BCUT2D eigenvalue weighted by molar-refractivity contribution is 8.18. The number of hydrogen-bond donors (Lipinski definition) is 3. The molecule has 5 rings (SSSR count). The topological polar surface area (TPSA) is 108 Å². The van der Waals surface area contributed by atoms with E-state index in [1.165, 1.54) is 5.56 Å². The summed E-state index contributed by atoms with van der Waals surface area (Å²) < 4.78 is 5.51. The van der Waals surface area contributed by atoms with Crippen LogP contribution in [-0.4, -0.2) is 41.4 Å². The molecule has 1 aromatic heterocycles. The molecule has 3 heterocycles. The highest BCUT2D eigenvalue weighted by Gasteiger charge is 2.27. The van der Waals surface area contributed by atoms with Crippen LogP contribution in [0, 0.1) is 0 Å². The van der Waals surface area contributed by atoms with Gasteiger partial charge in [0.2, 0.25) is 5.96 Å². The largest absolute Gasteiger partial charge is 0.464 e. The normalized spacial score (nSPS) is 25.9. The summed E-state index contributed by atoms with van der Waals surface area (Å²) in [6.07, 6.45) is 10.1. The summed E-state index contributed by atoms with van der Waals surface area (Å²) in [4.78, 5) is 32.6. The van der Waals surface area contributed by atoms with Crippen LogP contribution >= 0.6 is 11.8 Å². The van der Waals surface area contributed by atoms with Crippen LogP contribution < -0.4 is 16.0 Å². The van der Waals surface area contributed by atoms with E-state index in [1.54, 1.807) is 12.3 Å². The fourth-order valence-electron chi connectivity index (χ4n) is 4.44. The lowest BCUT2D eigenvalue weighted by Crippen LogP contribution is -2.42. The van der Waals surface area contributed by atoms with Crippen LogP contribution in [0.4, 0.5) is 4.79 Å². The number of thioether (sulfide) groups is 1. The number of carbonyl (C=O) groups excluding carboxylic acids is 2. The van der Waals surface area contributed by atoms with Gasteiger partial charge in [0.05, 0.1) is 17.2 Å². The summed E-state index contributed by atoms with van der Waals surface area (Å²) in [5.41, 5.74) is 2.34.